The number of aromatic nitrogens is 4. The van der Waals surface area contributed by atoms with Crippen LogP contribution >= 0.6 is 0 Å². The van der Waals surface area contributed by atoms with E-state index in [1.54, 1.807) is 6.20 Å². The first-order chi connectivity index (χ1) is 18.0. The molecule has 1 aliphatic carbocycles. The maximum absolute atomic E-state index is 12.9. The third-order valence-corrected chi connectivity index (χ3v) is 7.28. The molecule has 4 aromatic rings. The molecule has 3 heterocycles. The highest BCUT2D eigenvalue weighted by molar-refractivity contribution is 5.96. The highest BCUT2D eigenvalue weighted by Gasteiger charge is 2.28. The van der Waals surface area contributed by atoms with E-state index in [2.05, 4.69) is 55.1 Å². The van der Waals surface area contributed by atoms with Gasteiger partial charge in [-0.05, 0) is 67.5 Å². The predicted molar refractivity (Wildman–Crippen MR) is 144 cm³/mol. The quantitative estimate of drug-likeness (QED) is 0.379. The smallest absolute Gasteiger partial charge is 0.253 e. The van der Waals surface area contributed by atoms with E-state index in [0.717, 1.165) is 55.0 Å². The number of rotatable bonds is 8. The summed E-state index contributed by atoms with van der Waals surface area (Å²) in [4.78, 5) is 29.1. The second kappa shape index (κ2) is 11.0. The van der Waals surface area contributed by atoms with Gasteiger partial charge in [-0.1, -0.05) is 30.3 Å². The molecule has 1 N–H and O–H groups in total. The van der Waals surface area contributed by atoms with E-state index in [4.69, 9.17) is 4.98 Å². The van der Waals surface area contributed by atoms with E-state index in [0.29, 0.717) is 12.1 Å². The van der Waals surface area contributed by atoms with Crippen molar-refractivity contribution >= 4 is 5.91 Å². The molecule has 1 atom stereocenters. The van der Waals surface area contributed by atoms with Crippen LogP contribution in [0.2, 0.25) is 0 Å². The zero-order valence-corrected chi connectivity index (χ0v) is 21.8. The van der Waals surface area contributed by atoms with Gasteiger partial charge in [0.2, 0.25) is 0 Å². The van der Waals surface area contributed by atoms with Crippen molar-refractivity contribution in [3.63, 3.8) is 0 Å². The number of hydrogen-bond acceptors (Lipinski definition) is 5. The maximum atomic E-state index is 12.9. The fourth-order valence-corrected chi connectivity index (χ4v) is 5.33. The fraction of sp³-hybridized carbons (Fsp3) is 0.333. The number of carbonyl (C=O) groups excluding carboxylic acids is 1. The SMILES string of the molecule is Cc1ccnc(C)c1C(=O)NCc1cccc(CN(Cc2nccn2C)C2CCCc3cccnc32)c1. The molecule has 5 rings (SSSR count). The second-order valence-electron chi connectivity index (χ2n) is 9.91. The number of aryl methyl sites for hydroxylation is 4. The molecule has 37 heavy (non-hydrogen) atoms. The molecule has 190 valence electrons. The van der Waals surface area contributed by atoms with Gasteiger partial charge in [-0.2, -0.15) is 0 Å². The van der Waals surface area contributed by atoms with Crippen molar-refractivity contribution in [3.8, 4) is 0 Å². The van der Waals surface area contributed by atoms with E-state index in [-0.39, 0.29) is 11.9 Å². The molecule has 1 unspecified atom stereocenters. The van der Waals surface area contributed by atoms with Gasteiger partial charge in [-0.25, -0.2) is 4.98 Å². The monoisotopic (exact) mass is 494 g/mol. The fourth-order valence-electron chi connectivity index (χ4n) is 5.33. The van der Waals surface area contributed by atoms with Gasteiger partial charge in [-0.3, -0.25) is 19.7 Å². The Morgan fingerprint density at radius 2 is 1.89 bits per heavy atom. The highest BCUT2D eigenvalue weighted by atomic mass is 16.1. The summed E-state index contributed by atoms with van der Waals surface area (Å²) in [6.45, 7) is 5.80. The van der Waals surface area contributed by atoms with Crippen molar-refractivity contribution in [3.05, 3.63) is 112 Å². The summed E-state index contributed by atoms with van der Waals surface area (Å²) in [5, 5.41) is 3.08. The normalized spacial score (nSPS) is 15.0. The molecule has 0 saturated carbocycles. The van der Waals surface area contributed by atoms with Crippen LogP contribution in [0.25, 0.3) is 0 Å². The summed E-state index contributed by atoms with van der Waals surface area (Å²) in [7, 11) is 2.04. The molecular weight excluding hydrogens is 460 g/mol. The molecule has 3 aromatic heterocycles. The summed E-state index contributed by atoms with van der Waals surface area (Å²) < 4.78 is 2.09. The van der Waals surface area contributed by atoms with Crippen LogP contribution in [0.4, 0.5) is 0 Å². The maximum Gasteiger partial charge on any atom is 0.253 e. The minimum atomic E-state index is -0.0881. The number of fused-ring (bicyclic) bond motifs is 1. The Kier molecular flexibility index (Phi) is 7.42. The Hall–Kier alpha value is -3.84. The number of nitrogens with one attached hydrogen (secondary N) is 1. The van der Waals surface area contributed by atoms with Crippen LogP contribution in [0.5, 0.6) is 0 Å². The van der Waals surface area contributed by atoms with Crippen LogP contribution in [0.3, 0.4) is 0 Å². The average molecular weight is 495 g/mol. The Balaban J connectivity index is 1.35. The molecule has 1 amide bonds. The van der Waals surface area contributed by atoms with Crippen molar-refractivity contribution in [1.29, 1.82) is 0 Å². The summed E-state index contributed by atoms with van der Waals surface area (Å²) in [6.07, 6.45) is 10.8. The van der Waals surface area contributed by atoms with Crippen LogP contribution in [0, 0.1) is 13.8 Å². The number of imidazole rings is 1. The number of benzene rings is 1. The lowest BCUT2D eigenvalue weighted by Crippen LogP contribution is -2.32. The second-order valence-corrected chi connectivity index (χ2v) is 9.91. The van der Waals surface area contributed by atoms with E-state index >= 15 is 0 Å². The summed E-state index contributed by atoms with van der Waals surface area (Å²) >= 11 is 0. The average Bonchev–Trinajstić information content (AvgIpc) is 3.31. The first-order valence-corrected chi connectivity index (χ1v) is 12.9. The summed E-state index contributed by atoms with van der Waals surface area (Å²) in [5.74, 6) is 0.948. The minimum Gasteiger partial charge on any atom is -0.348 e. The molecule has 0 radical (unpaired) electrons. The molecule has 1 aliphatic rings. The zero-order chi connectivity index (χ0) is 25.8. The number of nitrogens with zero attached hydrogens (tertiary/aromatic N) is 5. The highest BCUT2D eigenvalue weighted by Crippen LogP contribution is 2.34. The van der Waals surface area contributed by atoms with Gasteiger partial charge in [-0.15, -0.1) is 0 Å². The first kappa shape index (κ1) is 24.8. The van der Waals surface area contributed by atoms with Crippen molar-refractivity contribution in [2.75, 3.05) is 0 Å². The van der Waals surface area contributed by atoms with Crippen molar-refractivity contribution < 1.29 is 4.79 Å². The molecule has 0 saturated heterocycles. The molecule has 1 aromatic carbocycles. The Bertz CT molecular complexity index is 1370. The zero-order valence-electron chi connectivity index (χ0n) is 21.8. The molecule has 0 fully saturated rings. The standard InChI is InChI=1S/C30H34N6O/c1-21-12-14-31-22(2)28(21)30(37)34-18-23-7-4-8-24(17-23)19-36(20-27-32-15-16-35(27)3)26-11-5-9-25-10-6-13-33-29(25)26/h4,6-8,10,12-17,26H,5,9,11,18-20H2,1-3H3,(H,34,37). The molecule has 0 bridgehead atoms. The van der Waals surface area contributed by atoms with Crippen LogP contribution in [-0.2, 0) is 33.1 Å². The van der Waals surface area contributed by atoms with E-state index in [1.807, 2.05) is 51.6 Å². The molecule has 0 spiro atoms. The van der Waals surface area contributed by atoms with Crippen molar-refractivity contribution in [1.82, 2.24) is 29.7 Å². The summed E-state index contributed by atoms with van der Waals surface area (Å²) in [5.41, 5.74) is 7.16. The number of hydrogen-bond donors (Lipinski definition) is 1. The van der Waals surface area contributed by atoms with Crippen LogP contribution in [-0.4, -0.2) is 30.3 Å². The number of amides is 1. The van der Waals surface area contributed by atoms with E-state index in [1.165, 1.54) is 16.8 Å². The lowest BCUT2D eigenvalue weighted by molar-refractivity contribution is 0.0949. The van der Waals surface area contributed by atoms with Gasteiger partial charge in [0.05, 0.1) is 29.5 Å². The third kappa shape index (κ3) is 5.62. The van der Waals surface area contributed by atoms with Gasteiger partial charge >= 0.3 is 0 Å². The third-order valence-electron chi connectivity index (χ3n) is 7.28. The van der Waals surface area contributed by atoms with Gasteiger partial charge in [0.15, 0.2) is 0 Å². The van der Waals surface area contributed by atoms with Gasteiger partial charge in [0.1, 0.15) is 5.82 Å². The van der Waals surface area contributed by atoms with Crippen molar-refractivity contribution in [2.24, 2.45) is 7.05 Å². The molecule has 0 aliphatic heterocycles. The van der Waals surface area contributed by atoms with Crippen LogP contribution < -0.4 is 5.32 Å². The summed E-state index contributed by atoms with van der Waals surface area (Å²) in [6, 6.07) is 14.8. The number of pyridine rings is 2. The topological polar surface area (TPSA) is 75.9 Å². The lowest BCUT2D eigenvalue weighted by atomic mass is 9.90. The lowest BCUT2D eigenvalue weighted by Gasteiger charge is -2.35. The van der Waals surface area contributed by atoms with Gasteiger partial charge in [0, 0.05) is 44.9 Å². The van der Waals surface area contributed by atoms with E-state index < -0.39 is 0 Å². The Morgan fingerprint density at radius 1 is 1.03 bits per heavy atom. The van der Waals surface area contributed by atoms with Crippen LogP contribution in [0.15, 0.2) is 67.3 Å². The minimum absolute atomic E-state index is 0.0881. The predicted octanol–water partition coefficient (Wildman–Crippen LogP) is 4.84. The number of carbonyl (C=O) groups is 1. The van der Waals surface area contributed by atoms with Gasteiger partial charge in [0.25, 0.3) is 5.91 Å². The molecular formula is C30H34N6O. The first-order valence-electron chi connectivity index (χ1n) is 12.9. The molecule has 7 nitrogen and oxygen atoms in total. The Labute approximate surface area is 218 Å². The Morgan fingerprint density at radius 3 is 2.70 bits per heavy atom. The van der Waals surface area contributed by atoms with Crippen molar-refractivity contribution in [2.45, 2.75) is 58.8 Å². The largest absolute Gasteiger partial charge is 0.348 e. The van der Waals surface area contributed by atoms with Crippen LogP contribution in [0.1, 0.15) is 68.7 Å². The molecule has 7 heteroatoms. The van der Waals surface area contributed by atoms with Gasteiger partial charge < -0.3 is 9.88 Å². The van der Waals surface area contributed by atoms with E-state index in [9.17, 15) is 4.79 Å².